The number of carbonyl (C=O) groups is 1. The van der Waals surface area contributed by atoms with Crippen LogP contribution in [0.25, 0.3) is 0 Å². The van der Waals surface area contributed by atoms with E-state index >= 15 is 0 Å². The molecular formula is C15H21FN2O. The molecule has 0 bridgehead atoms. The smallest absolute Gasteiger partial charge is 0.224 e. The lowest BCUT2D eigenvalue weighted by molar-refractivity contribution is -0.120. The van der Waals surface area contributed by atoms with Crippen molar-refractivity contribution >= 4 is 5.91 Å². The lowest BCUT2D eigenvalue weighted by Gasteiger charge is -2.18. The fraction of sp³-hybridized carbons (Fsp3) is 0.533. The van der Waals surface area contributed by atoms with Crippen LogP contribution in [0.3, 0.4) is 0 Å². The van der Waals surface area contributed by atoms with E-state index in [-0.39, 0.29) is 11.7 Å². The predicted octanol–water partition coefficient (Wildman–Crippen LogP) is 1.86. The molecular weight excluding hydrogens is 243 g/mol. The third-order valence-electron chi connectivity index (χ3n) is 3.96. The lowest BCUT2D eigenvalue weighted by atomic mass is 9.96. The number of hydrogen-bond acceptors (Lipinski definition) is 2. The van der Waals surface area contributed by atoms with Crippen molar-refractivity contribution in [2.24, 2.45) is 17.6 Å². The van der Waals surface area contributed by atoms with Gasteiger partial charge in [0.2, 0.25) is 5.91 Å². The quantitative estimate of drug-likeness (QED) is 0.853. The molecule has 2 unspecified atom stereocenters. The summed E-state index contributed by atoms with van der Waals surface area (Å²) in [6.45, 7) is 1.42. The summed E-state index contributed by atoms with van der Waals surface area (Å²) < 4.78 is 12.7. The zero-order valence-corrected chi connectivity index (χ0v) is 11.1. The summed E-state index contributed by atoms with van der Waals surface area (Å²) in [5.41, 5.74) is 6.55. The molecule has 1 fully saturated rings. The number of hydrogen-bond donors (Lipinski definition) is 2. The fourth-order valence-electron chi connectivity index (χ4n) is 2.79. The van der Waals surface area contributed by atoms with Crippen LogP contribution in [0, 0.1) is 17.7 Å². The van der Waals surface area contributed by atoms with Gasteiger partial charge in [-0.1, -0.05) is 18.6 Å². The number of benzene rings is 1. The summed E-state index contributed by atoms with van der Waals surface area (Å²) in [5, 5.41) is 2.96. The Morgan fingerprint density at radius 1 is 1.26 bits per heavy atom. The molecule has 1 amide bonds. The van der Waals surface area contributed by atoms with Crippen molar-refractivity contribution in [3.63, 3.8) is 0 Å². The van der Waals surface area contributed by atoms with Gasteiger partial charge in [-0.3, -0.25) is 4.79 Å². The molecule has 0 radical (unpaired) electrons. The number of nitrogens with one attached hydrogen (secondary N) is 1. The molecule has 2 rings (SSSR count). The van der Waals surface area contributed by atoms with Crippen LogP contribution in [0.1, 0.15) is 24.8 Å². The molecule has 1 aromatic rings. The van der Waals surface area contributed by atoms with Gasteiger partial charge in [0.25, 0.3) is 0 Å². The highest BCUT2D eigenvalue weighted by atomic mass is 19.1. The fourth-order valence-corrected chi connectivity index (χ4v) is 2.79. The Labute approximate surface area is 113 Å². The molecule has 1 aromatic carbocycles. The third-order valence-corrected chi connectivity index (χ3v) is 3.96. The van der Waals surface area contributed by atoms with Crippen LogP contribution in [0.2, 0.25) is 0 Å². The Hall–Kier alpha value is -1.42. The Morgan fingerprint density at radius 3 is 2.63 bits per heavy atom. The van der Waals surface area contributed by atoms with Gasteiger partial charge in [0.1, 0.15) is 5.82 Å². The third kappa shape index (κ3) is 4.03. The molecule has 104 valence electrons. The Balaban J connectivity index is 1.77. The minimum absolute atomic E-state index is 0.00530. The zero-order chi connectivity index (χ0) is 13.7. The number of carbonyl (C=O) groups excluding carboxylic acids is 1. The molecule has 19 heavy (non-hydrogen) atoms. The first kappa shape index (κ1) is 14.0. The maximum absolute atomic E-state index is 12.7. The standard InChI is InChI=1S/C15H21FN2O/c16-14-6-4-11(5-7-14)8-15(19)18-10-13-3-1-2-12(13)9-17/h4-7,12-13H,1-3,8-10,17H2,(H,18,19). The van der Waals surface area contributed by atoms with E-state index in [0.29, 0.717) is 31.3 Å². The second-order valence-corrected chi connectivity index (χ2v) is 5.29. The van der Waals surface area contributed by atoms with Crippen LogP contribution in [0.4, 0.5) is 4.39 Å². The van der Waals surface area contributed by atoms with Gasteiger partial charge >= 0.3 is 0 Å². The van der Waals surface area contributed by atoms with E-state index < -0.39 is 0 Å². The minimum Gasteiger partial charge on any atom is -0.356 e. The van der Waals surface area contributed by atoms with Gasteiger partial charge < -0.3 is 11.1 Å². The van der Waals surface area contributed by atoms with Crippen molar-refractivity contribution in [2.45, 2.75) is 25.7 Å². The Kier molecular flexibility index (Phi) is 4.91. The number of rotatable bonds is 5. The first-order valence-electron chi connectivity index (χ1n) is 6.90. The Bertz CT molecular complexity index is 419. The molecule has 1 aliphatic carbocycles. The normalized spacial score (nSPS) is 22.4. The highest BCUT2D eigenvalue weighted by Gasteiger charge is 2.26. The van der Waals surface area contributed by atoms with Crippen molar-refractivity contribution in [3.8, 4) is 0 Å². The van der Waals surface area contributed by atoms with E-state index in [1.54, 1.807) is 12.1 Å². The summed E-state index contributed by atoms with van der Waals surface area (Å²) in [6, 6.07) is 6.05. The second-order valence-electron chi connectivity index (χ2n) is 5.29. The van der Waals surface area contributed by atoms with E-state index in [1.165, 1.54) is 25.0 Å². The van der Waals surface area contributed by atoms with Crippen LogP contribution in [-0.4, -0.2) is 19.0 Å². The van der Waals surface area contributed by atoms with Crippen LogP contribution in [-0.2, 0) is 11.2 Å². The van der Waals surface area contributed by atoms with Crippen LogP contribution in [0.15, 0.2) is 24.3 Å². The van der Waals surface area contributed by atoms with Crippen LogP contribution >= 0.6 is 0 Å². The first-order chi connectivity index (χ1) is 9.19. The molecule has 1 saturated carbocycles. The summed E-state index contributed by atoms with van der Waals surface area (Å²) >= 11 is 0. The van der Waals surface area contributed by atoms with Gasteiger partial charge in [-0.15, -0.1) is 0 Å². The highest BCUT2D eigenvalue weighted by molar-refractivity contribution is 5.78. The molecule has 0 saturated heterocycles. The maximum atomic E-state index is 12.7. The summed E-state index contributed by atoms with van der Waals surface area (Å²) in [7, 11) is 0. The van der Waals surface area contributed by atoms with E-state index in [4.69, 9.17) is 5.73 Å². The average molecular weight is 264 g/mol. The van der Waals surface area contributed by atoms with E-state index in [0.717, 1.165) is 12.0 Å². The second kappa shape index (κ2) is 6.66. The Morgan fingerprint density at radius 2 is 1.95 bits per heavy atom. The van der Waals surface area contributed by atoms with Gasteiger partial charge in [0.05, 0.1) is 6.42 Å². The molecule has 3 nitrogen and oxygen atoms in total. The molecule has 1 aliphatic rings. The number of halogens is 1. The first-order valence-corrected chi connectivity index (χ1v) is 6.90. The topological polar surface area (TPSA) is 55.1 Å². The monoisotopic (exact) mass is 264 g/mol. The van der Waals surface area contributed by atoms with Crippen LogP contribution < -0.4 is 11.1 Å². The minimum atomic E-state index is -0.277. The van der Waals surface area contributed by atoms with Crippen molar-refractivity contribution < 1.29 is 9.18 Å². The summed E-state index contributed by atoms with van der Waals surface area (Å²) in [6.07, 6.45) is 3.84. The largest absolute Gasteiger partial charge is 0.356 e. The molecule has 0 aliphatic heterocycles. The lowest BCUT2D eigenvalue weighted by Crippen LogP contribution is -2.33. The molecule has 0 spiro atoms. The van der Waals surface area contributed by atoms with Gasteiger partial charge in [-0.2, -0.15) is 0 Å². The maximum Gasteiger partial charge on any atom is 0.224 e. The van der Waals surface area contributed by atoms with Gasteiger partial charge in [-0.25, -0.2) is 4.39 Å². The van der Waals surface area contributed by atoms with Crippen molar-refractivity contribution in [3.05, 3.63) is 35.6 Å². The molecule has 0 aromatic heterocycles. The van der Waals surface area contributed by atoms with Gasteiger partial charge in [0, 0.05) is 6.54 Å². The number of amides is 1. The van der Waals surface area contributed by atoms with Crippen molar-refractivity contribution in [2.75, 3.05) is 13.1 Å². The molecule has 3 N–H and O–H groups in total. The molecule has 2 atom stereocenters. The molecule has 0 heterocycles. The summed E-state index contributed by atoms with van der Waals surface area (Å²) in [4.78, 5) is 11.8. The molecule has 4 heteroatoms. The number of nitrogens with two attached hydrogens (primary N) is 1. The van der Waals surface area contributed by atoms with Crippen LogP contribution in [0.5, 0.6) is 0 Å². The van der Waals surface area contributed by atoms with Gasteiger partial charge in [0.15, 0.2) is 0 Å². The highest BCUT2D eigenvalue weighted by Crippen LogP contribution is 2.30. The summed E-state index contributed by atoms with van der Waals surface area (Å²) in [5.74, 6) is 0.781. The van der Waals surface area contributed by atoms with Crippen molar-refractivity contribution in [1.82, 2.24) is 5.32 Å². The van der Waals surface area contributed by atoms with Crippen molar-refractivity contribution in [1.29, 1.82) is 0 Å². The zero-order valence-electron chi connectivity index (χ0n) is 11.1. The van der Waals surface area contributed by atoms with E-state index in [9.17, 15) is 9.18 Å². The van der Waals surface area contributed by atoms with E-state index in [1.807, 2.05) is 0 Å². The SMILES string of the molecule is NCC1CCCC1CNC(=O)Cc1ccc(F)cc1. The average Bonchev–Trinajstić information content (AvgIpc) is 2.86. The van der Waals surface area contributed by atoms with Gasteiger partial charge in [-0.05, 0) is 48.9 Å². The predicted molar refractivity (Wildman–Crippen MR) is 73.0 cm³/mol. The van der Waals surface area contributed by atoms with E-state index in [2.05, 4.69) is 5.32 Å².